The molecule has 0 radical (unpaired) electrons. The average molecular weight is 316 g/mol. The number of para-hydroxylation sites is 1. The number of rotatable bonds is 3. The third-order valence-electron chi connectivity index (χ3n) is 2.82. The lowest BCUT2D eigenvalue weighted by Gasteiger charge is -2.01. The summed E-state index contributed by atoms with van der Waals surface area (Å²) in [5, 5.41) is 7.07. The fraction of sp³-hybridized carbons (Fsp3) is 0. The molecule has 0 unspecified atom stereocenters. The number of nitrogens with zero attached hydrogens (tertiary/aromatic N) is 2. The number of nitrogens with one attached hydrogen (secondary N) is 1. The van der Waals surface area contributed by atoms with Crippen LogP contribution in [0.1, 0.15) is 15.2 Å². The summed E-state index contributed by atoms with van der Waals surface area (Å²) in [5.74, 6) is -0.244. The molecule has 0 aliphatic heterocycles. The molecule has 4 nitrogen and oxygen atoms in total. The predicted octanol–water partition coefficient (Wildman–Crippen LogP) is 3.71. The maximum absolute atomic E-state index is 11.7. The van der Waals surface area contributed by atoms with Crippen molar-refractivity contribution >= 4 is 46.0 Å². The van der Waals surface area contributed by atoms with Crippen LogP contribution in [0.15, 0.2) is 52.9 Å². The number of carbonyl (C=O) groups excluding carboxylic acids is 1. The summed E-state index contributed by atoms with van der Waals surface area (Å²) in [4.78, 5) is 16.6. The summed E-state index contributed by atoms with van der Waals surface area (Å²) < 4.78 is 0. The van der Waals surface area contributed by atoms with Gasteiger partial charge >= 0.3 is 0 Å². The summed E-state index contributed by atoms with van der Waals surface area (Å²) >= 11 is 7.46. The molecule has 0 atom stereocenters. The Hall–Kier alpha value is -2.24. The molecule has 3 rings (SSSR count). The zero-order valence-corrected chi connectivity index (χ0v) is 12.4. The number of hydrogen-bond donors (Lipinski definition) is 1. The topological polar surface area (TPSA) is 54.4 Å². The molecule has 0 aliphatic carbocycles. The van der Waals surface area contributed by atoms with Gasteiger partial charge in [-0.2, -0.15) is 5.10 Å². The fourth-order valence-electron chi connectivity index (χ4n) is 1.82. The molecule has 0 aliphatic rings. The van der Waals surface area contributed by atoms with Crippen LogP contribution in [0.4, 0.5) is 0 Å². The van der Waals surface area contributed by atoms with E-state index in [2.05, 4.69) is 15.5 Å². The molecular formula is C15H10ClN3OS. The smallest absolute Gasteiger partial charge is 0.266 e. The van der Waals surface area contributed by atoms with E-state index in [-0.39, 0.29) is 5.91 Å². The molecule has 21 heavy (non-hydrogen) atoms. The molecule has 0 bridgehead atoms. The third-order valence-corrected chi connectivity index (χ3v) is 3.99. The average Bonchev–Trinajstić information content (AvgIpc) is 3.02. The molecule has 1 amide bonds. The van der Waals surface area contributed by atoms with Crippen molar-refractivity contribution in [1.82, 2.24) is 10.4 Å². The Balaban J connectivity index is 1.79. The van der Waals surface area contributed by atoms with E-state index in [4.69, 9.17) is 11.6 Å². The van der Waals surface area contributed by atoms with Crippen molar-refractivity contribution in [3.05, 3.63) is 63.4 Å². The maximum Gasteiger partial charge on any atom is 0.281 e. The second kappa shape index (κ2) is 6.03. The maximum atomic E-state index is 11.7. The van der Waals surface area contributed by atoms with Crippen LogP contribution < -0.4 is 5.43 Å². The van der Waals surface area contributed by atoms with E-state index in [1.54, 1.807) is 6.07 Å². The van der Waals surface area contributed by atoms with Crippen molar-refractivity contribution in [3.8, 4) is 0 Å². The van der Waals surface area contributed by atoms with Crippen molar-refractivity contribution < 1.29 is 4.79 Å². The van der Waals surface area contributed by atoms with Gasteiger partial charge in [-0.1, -0.05) is 35.9 Å². The Kier molecular flexibility index (Phi) is 3.94. The van der Waals surface area contributed by atoms with E-state index in [1.165, 1.54) is 17.6 Å². The number of hydrogen-bond acceptors (Lipinski definition) is 4. The Morgan fingerprint density at radius 2 is 2.14 bits per heavy atom. The number of hydrazone groups is 1. The summed E-state index contributed by atoms with van der Waals surface area (Å²) in [6, 6.07) is 13.1. The number of halogens is 1. The Labute approximate surface area is 130 Å². The van der Waals surface area contributed by atoms with E-state index in [0.29, 0.717) is 15.6 Å². The minimum Gasteiger partial charge on any atom is -0.266 e. The molecule has 2 heterocycles. The Morgan fingerprint density at radius 1 is 1.29 bits per heavy atom. The number of thiophene rings is 1. The van der Waals surface area contributed by atoms with Crippen molar-refractivity contribution in [1.29, 1.82) is 0 Å². The van der Waals surface area contributed by atoms with Gasteiger partial charge in [0.15, 0.2) is 0 Å². The quantitative estimate of drug-likeness (QED) is 0.455. The lowest BCUT2D eigenvalue weighted by Crippen LogP contribution is -2.16. The molecule has 0 saturated carbocycles. The van der Waals surface area contributed by atoms with Gasteiger partial charge < -0.3 is 0 Å². The number of benzene rings is 1. The van der Waals surface area contributed by atoms with Crippen molar-refractivity contribution in [2.75, 3.05) is 0 Å². The number of amides is 1. The van der Waals surface area contributed by atoms with Crippen molar-refractivity contribution in [2.24, 2.45) is 5.10 Å². The van der Waals surface area contributed by atoms with Crippen LogP contribution in [-0.4, -0.2) is 17.1 Å². The van der Waals surface area contributed by atoms with Crippen LogP contribution in [-0.2, 0) is 0 Å². The van der Waals surface area contributed by atoms with Crippen molar-refractivity contribution in [3.63, 3.8) is 0 Å². The molecule has 1 N–H and O–H groups in total. The van der Waals surface area contributed by atoms with Gasteiger partial charge in [0.05, 0.1) is 16.6 Å². The predicted molar refractivity (Wildman–Crippen MR) is 86.1 cm³/mol. The van der Waals surface area contributed by atoms with Crippen LogP contribution in [0.2, 0.25) is 5.15 Å². The highest BCUT2D eigenvalue weighted by Crippen LogP contribution is 2.18. The van der Waals surface area contributed by atoms with E-state index in [9.17, 15) is 4.79 Å². The van der Waals surface area contributed by atoms with Crippen LogP contribution in [0.3, 0.4) is 0 Å². The minimum absolute atomic E-state index is 0.244. The summed E-state index contributed by atoms with van der Waals surface area (Å²) in [5.41, 5.74) is 3.94. The van der Waals surface area contributed by atoms with Crippen LogP contribution in [0, 0.1) is 0 Å². The highest BCUT2D eigenvalue weighted by atomic mass is 35.5. The summed E-state index contributed by atoms with van der Waals surface area (Å²) in [6.45, 7) is 0. The molecule has 1 aromatic carbocycles. The van der Waals surface area contributed by atoms with E-state index in [1.807, 2.05) is 41.8 Å². The molecular weight excluding hydrogens is 306 g/mol. The van der Waals surface area contributed by atoms with Crippen LogP contribution in [0.5, 0.6) is 0 Å². The molecule has 0 fully saturated rings. The fourth-order valence-corrected chi connectivity index (χ4v) is 2.63. The van der Waals surface area contributed by atoms with Crippen molar-refractivity contribution in [2.45, 2.75) is 0 Å². The molecule has 2 aromatic heterocycles. The van der Waals surface area contributed by atoms with E-state index >= 15 is 0 Å². The number of pyridine rings is 1. The zero-order valence-electron chi connectivity index (χ0n) is 10.8. The van der Waals surface area contributed by atoms with Crippen LogP contribution in [0.25, 0.3) is 10.9 Å². The lowest BCUT2D eigenvalue weighted by atomic mass is 10.2. The van der Waals surface area contributed by atoms with Gasteiger partial charge in [-0.15, -0.1) is 11.3 Å². The molecule has 104 valence electrons. The monoisotopic (exact) mass is 315 g/mol. The third kappa shape index (κ3) is 3.09. The summed E-state index contributed by atoms with van der Waals surface area (Å²) in [7, 11) is 0. The molecule has 0 spiro atoms. The van der Waals surface area contributed by atoms with E-state index in [0.717, 1.165) is 10.9 Å². The Bertz CT molecular complexity index is 815. The molecule has 6 heteroatoms. The SMILES string of the molecule is O=C(NN=Cc1cc2ccccc2nc1Cl)c1cccs1. The lowest BCUT2D eigenvalue weighted by molar-refractivity contribution is 0.0959. The number of fused-ring (bicyclic) bond motifs is 1. The summed E-state index contributed by atoms with van der Waals surface area (Å²) in [6.07, 6.45) is 1.49. The molecule has 0 saturated heterocycles. The first-order valence-electron chi connectivity index (χ1n) is 6.16. The molecule has 3 aromatic rings. The largest absolute Gasteiger partial charge is 0.281 e. The first-order chi connectivity index (χ1) is 10.2. The Morgan fingerprint density at radius 3 is 2.95 bits per heavy atom. The highest BCUT2D eigenvalue weighted by Gasteiger charge is 2.05. The van der Waals surface area contributed by atoms with Gasteiger partial charge in [-0.05, 0) is 23.6 Å². The second-order valence-corrected chi connectivity index (χ2v) is 5.54. The van der Waals surface area contributed by atoms with Gasteiger partial charge in [0, 0.05) is 10.9 Å². The zero-order chi connectivity index (χ0) is 14.7. The first-order valence-corrected chi connectivity index (χ1v) is 7.42. The van der Waals surface area contributed by atoms with Gasteiger partial charge in [-0.25, -0.2) is 10.4 Å². The minimum atomic E-state index is -0.244. The standard InChI is InChI=1S/C15H10ClN3OS/c16-14-11(8-10-4-1-2-5-12(10)18-14)9-17-19-15(20)13-6-3-7-21-13/h1-9H,(H,19,20). The van der Waals surface area contributed by atoms with Gasteiger partial charge in [0.2, 0.25) is 0 Å². The normalized spacial score (nSPS) is 11.1. The van der Waals surface area contributed by atoms with E-state index < -0.39 is 0 Å². The number of aromatic nitrogens is 1. The number of carbonyl (C=O) groups is 1. The van der Waals surface area contributed by atoms with Gasteiger partial charge in [0.25, 0.3) is 5.91 Å². The van der Waals surface area contributed by atoms with Gasteiger partial charge in [0.1, 0.15) is 5.15 Å². The second-order valence-electron chi connectivity index (χ2n) is 4.24. The van der Waals surface area contributed by atoms with Crippen LogP contribution >= 0.6 is 22.9 Å². The highest BCUT2D eigenvalue weighted by molar-refractivity contribution is 7.12. The van der Waals surface area contributed by atoms with Gasteiger partial charge in [-0.3, -0.25) is 4.79 Å². The first kappa shape index (κ1) is 13.7.